The number of nitrogens with one attached hydrogen (secondary N) is 1. The summed E-state index contributed by atoms with van der Waals surface area (Å²) < 4.78 is 30.1. The minimum Gasteiger partial charge on any atom is -0.756 e. The first-order valence-corrected chi connectivity index (χ1v) is 28.9. The number of phosphoric ester groups is 1. The molecular weight excluding hydrogens is 844 g/mol. The van der Waals surface area contributed by atoms with Gasteiger partial charge in [0.25, 0.3) is 7.82 Å². The molecule has 66 heavy (non-hydrogen) atoms. The van der Waals surface area contributed by atoms with Crippen LogP contribution in [0.4, 0.5) is 0 Å². The number of unbranched alkanes of at least 4 members (excludes halogenated alkanes) is 28. The van der Waals surface area contributed by atoms with Gasteiger partial charge in [0, 0.05) is 12.8 Å². The molecule has 0 saturated heterocycles. The van der Waals surface area contributed by atoms with Crippen LogP contribution in [0.1, 0.15) is 245 Å². The molecule has 0 aromatic rings. The first-order chi connectivity index (χ1) is 31.9. The average molecular weight is 949 g/mol. The van der Waals surface area contributed by atoms with Crippen LogP contribution in [-0.4, -0.2) is 69.4 Å². The van der Waals surface area contributed by atoms with Gasteiger partial charge in [0.05, 0.1) is 33.8 Å². The van der Waals surface area contributed by atoms with E-state index in [1.54, 1.807) is 0 Å². The molecular formula is C56H105N2O7P. The molecule has 3 atom stereocenters. The molecule has 0 bridgehead atoms. The number of amides is 1. The van der Waals surface area contributed by atoms with Crippen molar-refractivity contribution in [1.82, 2.24) is 5.32 Å². The molecule has 10 heteroatoms. The van der Waals surface area contributed by atoms with Crippen molar-refractivity contribution in [3.8, 4) is 0 Å². The maximum Gasteiger partial charge on any atom is 0.306 e. The molecule has 0 aromatic heterocycles. The maximum absolute atomic E-state index is 13.4. The zero-order valence-corrected chi connectivity index (χ0v) is 44.8. The second-order valence-electron chi connectivity index (χ2n) is 19.8. The van der Waals surface area contributed by atoms with Gasteiger partial charge in [0.2, 0.25) is 5.91 Å². The summed E-state index contributed by atoms with van der Waals surface area (Å²) in [6.07, 6.45) is 55.0. The molecule has 0 spiro atoms. The van der Waals surface area contributed by atoms with E-state index in [2.05, 4.69) is 62.5 Å². The van der Waals surface area contributed by atoms with E-state index < -0.39 is 26.6 Å². The van der Waals surface area contributed by atoms with E-state index in [0.29, 0.717) is 23.9 Å². The van der Waals surface area contributed by atoms with Crippen LogP contribution in [0.25, 0.3) is 0 Å². The quantitative estimate of drug-likeness (QED) is 0.0161. The van der Waals surface area contributed by atoms with Crippen molar-refractivity contribution in [1.29, 1.82) is 0 Å². The van der Waals surface area contributed by atoms with Crippen LogP contribution >= 0.6 is 7.82 Å². The smallest absolute Gasteiger partial charge is 0.306 e. The first-order valence-electron chi connectivity index (χ1n) is 27.5. The summed E-state index contributed by atoms with van der Waals surface area (Å²) in [7, 11) is 1.17. The van der Waals surface area contributed by atoms with Crippen molar-refractivity contribution in [2.24, 2.45) is 0 Å². The second-order valence-corrected chi connectivity index (χ2v) is 21.2. The number of likely N-dealkylation sites (N-methyl/N-ethyl adjacent to an activating group) is 1. The standard InChI is InChI=1S/C56H105N2O7P/c1-7-10-13-16-19-22-25-28-29-31-33-36-39-42-45-48-55(59)57-53(52-64-66(61,62)63-51-50-58(4,5)6)54(47-44-41-38-35-32-27-24-21-18-15-12-9-3)65-56(60)49-46-43-40-37-34-30-26-23-20-17-14-11-8-2/h19,22,25,28,30,34,44,47,53-54H,7-18,20-21,23-24,26-27,29,31-33,35-43,45-46,48-52H2,1-6H3,(H-,57,59,61,62)/b22-19+,28-25+,34-30-,47-44+. The van der Waals surface area contributed by atoms with Crippen LogP contribution in [0.2, 0.25) is 0 Å². The van der Waals surface area contributed by atoms with Crippen LogP contribution in [0.15, 0.2) is 48.6 Å². The fourth-order valence-electron chi connectivity index (χ4n) is 7.68. The summed E-state index contributed by atoms with van der Waals surface area (Å²) in [6, 6.07) is -0.897. The van der Waals surface area contributed by atoms with Gasteiger partial charge in [0.1, 0.15) is 19.3 Å². The Kier molecular flexibility index (Phi) is 45.3. The van der Waals surface area contributed by atoms with Crippen LogP contribution < -0.4 is 10.2 Å². The predicted octanol–water partition coefficient (Wildman–Crippen LogP) is 15.5. The number of hydrogen-bond acceptors (Lipinski definition) is 7. The summed E-state index contributed by atoms with van der Waals surface area (Å²) in [4.78, 5) is 39.7. The fourth-order valence-corrected chi connectivity index (χ4v) is 8.41. The molecule has 0 aliphatic rings. The van der Waals surface area contributed by atoms with Gasteiger partial charge in [-0.05, 0) is 83.1 Å². The predicted molar refractivity (Wildman–Crippen MR) is 279 cm³/mol. The number of carbonyl (C=O) groups is 2. The second kappa shape index (κ2) is 46.7. The third-order valence-electron chi connectivity index (χ3n) is 12.0. The van der Waals surface area contributed by atoms with Gasteiger partial charge in [-0.25, -0.2) is 0 Å². The van der Waals surface area contributed by atoms with Gasteiger partial charge >= 0.3 is 5.97 Å². The Morgan fingerprint density at radius 2 is 0.924 bits per heavy atom. The van der Waals surface area contributed by atoms with E-state index in [9.17, 15) is 19.0 Å². The number of rotatable bonds is 49. The Bertz CT molecular complexity index is 1280. The van der Waals surface area contributed by atoms with Gasteiger partial charge in [-0.2, -0.15) is 0 Å². The van der Waals surface area contributed by atoms with E-state index in [1.165, 1.54) is 109 Å². The minimum atomic E-state index is -4.69. The summed E-state index contributed by atoms with van der Waals surface area (Å²) in [5, 5.41) is 3.00. The molecule has 0 radical (unpaired) electrons. The largest absolute Gasteiger partial charge is 0.756 e. The number of nitrogens with zero attached hydrogens (tertiary/aromatic N) is 1. The molecule has 0 rings (SSSR count). The third-order valence-corrected chi connectivity index (χ3v) is 13.0. The van der Waals surface area contributed by atoms with Gasteiger partial charge in [-0.1, -0.05) is 198 Å². The van der Waals surface area contributed by atoms with Crippen molar-refractivity contribution in [2.75, 3.05) is 40.9 Å². The number of hydrogen-bond donors (Lipinski definition) is 1. The Hall–Kier alpha value is -2.03. The normalized spacial score (nSPS) is 14.2. The lowest BCUT2D eigenvalue weighted by Gasteiger charge is -2.30. The number of ether oxygens (including phenoxy) is 1. The van der Waals surface area contributed by atoms with Crippen LogP contribution in [-0.2, 0) is 27.9 Å². The molecule has 0 aliphatic heterocycles. The molecule has 3 unspecified atom stereocenters. The topological polar surface area (TPSA) is 114 Å². The minimum absolute atomic E-state index is 0.0272. The van der Waals surface area contributed by atoms with Crippen molar-refractivity contribution >= 4 is 19.7 Å². The highest BCUT2D eigenvalue weighted by Crippen LogP contribution is 2.38. The highest BCUT2D eigenvalue weighted by molar-refractivity contribution is 7.45. The van der Waals surface area contributed by atoms with Crippen molar-refractivity contribution in [3.63, 3.8) is 0 Å². The summed E-state index contributed by atoms with van der Waals surface area (Å²) in [5.74, 6) is -0.572. The van der Waals surface area contributed by atoms with Gasteiger partial charge in [0.15, 0.2) is 0 Å². The van der Waals surface area contributed by atoms with Crippen LogP contribution in [0, 0.1) is 0 Å². The summed E-state index contributed by atoms with van der Waals surface area (Å²) >= 11 is 0. The molecule has 9 nitrogen and oxygen atoms in total. The number of quaternary nitrogens is 1. The number of phosphoric acid groups is 1. The lowest BCUT2D eigenvalue weighted by Crippen LogP contribution is -2.47. The fraction of sp³-hybridized carbons (Fsp3) is 0.821. The Morgan fingerprint density at radius 3 is 1.42 bits per heavy atom. The SMILES string of the molecule is CCCCC/C=C/C=C/CCCCCCCCC(=O)NC(COP(=O)([O-])OCC[N+](C)(C)C)C(/C=C/CCCCCCCCCCCC)OC(=O)CCCCC/C=C\CCCCCCCC. The Labute approximate surface area is 408 Å². The van der Waals surface area contributed by atoms with Crippen molar-refractivity contribution in [3.05, 3.63) is 48.6 Å². The molecule has 386 valence electrons. The summed E-state index contributed by atoms with van der Waals surface area (Å²) in [5.41, 5.74) is 0. The van der Waals surface area contributed by atoms with Crippen molar-refractivity contribution in [2.45, 2.75) is 258 Å². The zero-order chi connectivity index (χ0) is 48.7. The third kappa shape index (κ3) is 47.1. The van der Waals surface area contributed by atoms with Gasteiger partial charge in [-0.15, -0.1) is 0 Å². The Balaban J connectivity index is 5.44. The average Bonchev–Trinajstić information content (AvgIpc) is 3.27. The monoisotopic (exact) mass is 949 g/mol. The Morgan fingerprint density at radius 1 is 0.530 bits per heavy atom. The molecule has 0 aromatic carbocycles. The van der Waals surface area contributed by atoms with Crippen LogP contribution in [0.3, 0.4) is 0 Å². The molecule has 1 amide bonds. The number of carbonyl (C=O) groups excluding carboxylic acids is 2. The van der Waals surface area contributed by atoms with Crippen molar-refractivity contribution < 1.29 is 37.3 Å². The molecule has 0 heterocycles. The zero-order valence-electron chi connectivity index (χ0n) is 43.9. The lowest BCUT2D eigenvalue weighted by molar-refractivity contribution is -0.870. The van der Waals surface area contributed by atoms with Gasteiger partial charge in [-0.3, -0.25) is 14.2 Å². The highest BCUT2D eigenvalue weighted by Gasteiger charge is 2.27. The molecule has 0 aliphatic carbocycles. The molecule has 0 saturated carbocycles. The van der Waals surface area contributed by atoms with E-state index in [4.69, 9.17) is 13.8 Å². The van der Waals surface area contributed by atoms with Gasteiger partial charge < -0.3 is 28.5 Å². The highest BCUT2D eigenvalue weighted by atomic mass is 31.2. The first kappa shape index (κ1) is 64.0. The maximum atomic E-state index is 13.4. The molecule has 0 fully saturated rings. The van der Waals surface area contributed by atoms with E-state index >= 15 is 0 Å². The number of allylic oxidation sites excluding steroid dienone is 7. The van der Waals surface area contributed by atoms with Crippen LogP contribution in [0.5, 0.6) is 0 Å². The molecule has 1 N–H and O–H groups in total. The number of esters is 1. The summed E-state index contributed by atoms with van der Waals surface area (Å²) in [6.45, 7) is 6.78. The van der Waals surface area contributed by atoms with E-state index in [1.807, 2.05) is 33.3 Å². The van der Waals surface area contributed by atoms with E-state index in [-0.39, 0.29) is 24.9 Å². The lowest BCUT2D eigenvalue weighted by atomic mass is 10.0. The van der Waals surface area contributed by atoms with E-state index in [0.717, 1.165) is 96.3 Å².